The molecule has 0 aliphatic carbocycles. The average molecular weight is 340 g/mol. The quantitative estimate of drug-likeness (QED) is 0.931. The lowest BCUT2D eigenvalue weighted by molar-refractivity contribution is -0.135. The molecule has 0 saturated carbocycles. The molecule has 1 N–H and O–H groups in total. The first-order valence-corrected chi connectivity index (χ1v) is 8.96. The number of nitrogens with zero attached hydrogens (tertiary/aromatic N) is 3. The van der Waals surface area contributed by atoms with Crippen molar-refractivity contribution in [1.82, 2.24) is 20.1 Å². The van der Waals surface area contributed by atoms with Crippen LogP contribution in [0.5, 0.6) is 0 Å². The van der Waals surface area contributed by atoms with Crippen LogP contribution in [0.15, 0.2) is 24.3 Å². The molecule has 2 aliphatic rings. The summed E-state index contributed by atoms with van der Waals surface area (Å²) in [6.45, 7) is 5.44. The summed E-state index contributed by atoms with van der Waals surface area (Å²) in [5, 5.41) is 7.11. The van der Waals surface area contributed by atoms with Gasteiger partial charge in [-0.05, 0) is 38.2 Å². The van der Waals surface area contributed by atoms with Gasteiger partial charge < -0.3 is 9.64 Å². The minimum Gasteiger partial charge on any atom is -0.365 e. The Morgan fingerprint density at radius 1 is 1.32 bits per heavy atom. The van der Waals surface area contributed by atoms with Crippen molar-refractivity contribution in [2.24, 2.45) is 5.92 Å². The molecule has 25 heavy (non-hydrogen) atoms. The van der Waals surface area contributed by atoms with Crippen LogP contribution in [-0.4, -0.2) is 45.2 Å². The molecule has 6 heteroatoms. The molecule has 6 nitrogen and oxygen atoms in total. The van der Waals surface area contributed by atoms with E-state index < -0.39 is 0 Å². The molecular weight excluding hydrogens is 316 g/mol. The number of aromatic nitrogens is 3. The first-order chi connectivity index (χ1) is 12.1. The van der Waals surface area contributed by atoms with E-state index in [4.69, 9.17) is 4.74 Å². The summed E-state index contributed by atoms with van der Waals surface area (Å²) in [5.74, 6) is 2.23. The van der Waals surface area contributed by atoms with Crippen LogP contribution in [0, 0.1) is 19.8 Å². The lowest BCUT2D eigenvalue weighted by Gasteiger charge is -2.34. The van der Waals surface area contributed by atoms with E-state index in [0.29, 0.717) is 18.9 Å². The molecule has 1 aromatic heterocycles. The van der Waals surface area contributed by atoms with Crippen molar-refractivity contribution in [3.8, 4) is 0 Å². The van der Waals surface area contributed by atoms with Crippen molar-refractivity contribution in [3.63, 3.8) is 0 Å². The standard InChI is InChI=1S/C19H24N4O2/c1-12-3-5-14(6-4-12)9-18(24)23-8-7-15-10-16(25-17(15)11-23)19-20-13(2)21-22-19/h3-6,15-17H,7-11H2,1-2H3,(H,20,21,22)/t15-,16+,17+/m0/s1. The smallest absolute Gasteiger partial charge is 0.227 e. The number of hydrogen-bond donors (Lipinski definition) is 1. The Hall–Kier alpha value is -2.21. The Morgan fingerprint density at radius 3 is 2.84 bits per heavy atom. The van der Waals surface area contributed by atoms with Crippen molar-refractivity contribution in [1.29, 1.82) is 0 Å². The highest BCUT2D eigenvalue weighted by atomic mass is 16.5. The maximum atomic E-state index is 12.6. The molecule has 2 fully saturated rings. The van der Waals surface area contributed by atoms with Crippen LogP contribution >= 0.6 is 0 Å². The zero-order chi connectivity index (χ0) is 17.4. The fourth-order valence-corrected chi connectivity index (χ4v) is 3.82. The van der Waals surface area contributed by atoms with Gasteiger partial charge in [-0.15, -0.1) is 0 Å². The summed E-state index contributed by atoms with van der Waals surface area (Å²) in [4.78, 5) is 19.0. The number of carbonyl (C=O) groups excluding carboxylic acids is 1. The van der Waals surface area contributed by atoms with Gasteiger partial charge in [-0.25, -0.2) is 4.98 Å². The van der Waals surface area contributed by atoms with Gasteiger partial charge in [0, 0.05) is 13.1 Å². The summed E-state index contributed by atoms with van der Waals surface area (Å²) in [5.41, 5.74) is 2.28. The maximum absolute atomic E-state index is 12.6. The molecule has 0 radical (unpaired) electrons. The van der Waals surface area contributed by atoms with Crippen LogP contribution in [0.4, 0.5) is 0 Å². The third-order valence-corrected chi connectivity index (χ3v) is 5.28. The summed E-state index contributed by atoms with van der Waals surface area (Å²) >= 11 is 0. The number of aryl methyl sites for hydroxylation is 2. The predicted molar refractivity (Wildman–Crippen MR) is 92.9 cm³/mol. The number of likely N-dealkylation sites (tertiary alicyclic amines) is 1. The van der Waals surface area contributed by atoms with Gasteiger partial charge in [0.15, 0.2) is 5.82 Å². The highest BCUT2D eigenvalue weighted by molar-refractivity contribution is 5.79. The number of aromatic amines is 1. The van der Waals surface area contributed by atoms with Crippen LogP contribution in [-0.2, 0) is 16.0 Å². The van der Waals surface area contributed by atoms with Gasteiger partial charge in [0.2, 0.25) is 5.91 Å². The van der Waals surface area contributed by atoms with E-state index >= 15 is 0 Å². The monoisotopic (exact) mass is 340 g/mol. The van der Waals surface area contributed by atoms with E-state index in [1.807, 2.05) is 24.0 Å². The number of fused-ring (bicyclic) bond motifs is 1. The Bertz CT molecular complexity index is 755. The summed E-state index contributed by atoms with van der Waals surface area (Å²) in [7, 11) is 0. The molecule has 3 atom stereocenters. The average Bonchev–Trinajstić information content (AvgIpc) is 3.22. The molecule has 2 aromatic rings. The number of amides is 1. The van der Waals surface area contributed by atoms with Crippen molar-refractivity contribution in [2.75, 3.05) is 13.1 Å². The summed E-state index contributed by atoms with van der Waals surface area (Å²) in [6, 6.07) is 8.18. The van der Waals surface area contributed by atoms with Crippen molar-refractivity contribution in [2.45, 2.75) is 45.3 Å². The van der Waals surface area contributed by atoms with Gasteiger partial charge in [-0.2, -0.15) is 5.10 Å². The van der Waals surface area contributed by atoms with E-state index in [1.165, 1.54) is 5.56 Å². The first kappa shape index (κ1) is 16.3. The van der Waals surface area contributed by atoms with Gasteiger partial charge in [-0.1, -0.05) is 29.8 Å². The van der Waals surface area contributed by atoms with Crippen molar-refractivity contribution in [3.05, 3.63) is 47.0 Å². The fourth-order valence-electron chi connectivity index (χ4n) is 3.82. The largest absolute Gasteiger partial charge is 0.365 e. The second kappa shape index (κ2) is 6.59. The van der Waals surface area contributed by atoms with Crippen LogP contribution in [0.1, 0.15) is 41.7 Å². The Morgan fingerprint density at radius 2 is 2.12 bits per heavy atom. The second-order valence-corrected chi connectivity index (χ2v) is 7.23. The molecule has 1 aromatic carbocycles. The normalized spacial score (nSPS) is 25.8. The van der Waals surface area contributed by atoms with Gasteiger partial charge >= 0.3 is 0 Å². The predicted octanol–water partition coefficient (Wildman–Crippen LogP) is 2.34. The number of benzene rings is 1. The zero-order valence-corrected chi connectivity index (χ0v) is 14.7. The number of H-pyrrole nitrogens is 1. The highest BCUT2D eigenvalue weighted by Crippen LogP contribution is 2.39. The van der Waals surface area contributed by atoms with Gasteiger partial charge in [0.05, 0.1) is 12.5 Å². The summed E-state index contributed by atoms with van der Waals surface area (Å²) in [6.07, 6.45) is 2.44. The Labute approximate surface area is 147 Å². The molecular formula is C19H24N4O2. The molecule has 0 spiro atoms. The number of nitrogens with one attached hydrogen (secondary N) is 1. The number of carbonyl (C=O) groups is 1. The number of rotatable bonds is 3. The lowest BCUT2D eigenvalue weighted by atomic mass is 9.91. The highest BCUT2D eigenvalue weighted by Gasteiger charge is 2.41. The third-order valence-electron chi connectivity index (χ3n) is 5.28. The molecule has 0 unspecified atom stereocenters. The topological polar surface area (TPSA) is 71.1 Å². The zero-order valence-electron chi connectivity index (χ0n) is 14.7. The lowest BCUT2D eigenvalue weighted by Crippen LogP contribution is -2.45. The van der Waals surface area contributed by atoms with Crippen LogP contribution in [0.2, 0.25) is 0 Å². The van der Waals surface area contributed by atoms with Crippen LogP contribution < -0.4 is 0 Å². The minimum atomic E-state index is -0.0490. The molecule has 1 amide bonds. The molecule has 0 bridgehead atoms. The van der Waals surface area contributed by atoms with Gasteiger partial charge in [0.1, 0.15) is 11.9 Å². The minimum absolute atomic E-state index is 0.0490. The number of hydrogen-bond acceptors (Lipinski definition) is 4. The van der Waals surface area contributed by atoms with E-state index in [2.05, 4.69) is 34.2 Å². The molecule has 2 aliphatic heterocycles. The van der Waals surface area contributed by atoms with Crippen molar-refractivity contribution < 1.29 is 9.53 Å². The van der Waals surface area contributed by atoms with Crippen LogP contribution in [0.25, 0.3) is 0 Å². The van der Waals surface area contributed by atoms with E-state index in [-0.39, 0.29) is 18.1 Å². The van der Waals surface area contributed by atoms with Crippen molar-refractivity contribution >= 4 is 5.91 Å². The molecule has 4 rings (SSSR count). The van der Waals surface area contributed by atoms with Crippen LogP contribution in [0.3, 0.4) is 0 Å². The molecule has 3 heterocycles. The maximum Gasteiger partial charge on any atom is 0.227 e. The molecule has 2 saturated heterocycles. The third kappa shape index (κ3) is 3.44. The summed E-state index contributed by atoms with van der Waals surface area (Å²) < 4.78 is 6.17. The van der Waals surface area contributed by atoms with E-state index in [1.54, 1.807) is 0 Å². The fraction of sp³-hybridized carbons (Fsp3) is 0.526. The Balaban J connectivity index is 1.37. The molecule has 132 valence electrons. The van der Waals surface area contributed by atoms with E-state index in [9.17, 15) is 4.79 Å². The van der Waals surface area contributed by atoms with Gasteiger partial charge in [0.25, 0.3) is 0 Å². The van der Waals surface area contributed by atoms with Gasteiger partial charge in [-0.3, -0.25) is 9.89 Å². The Kier molecular flexibility index (Phi) is 4.29. The second-order valence-electron chi connectivity index (χ2n) is 7.23. The van der Waals surface area contributed by atoms with E-state index in [0.717, 1.165) is 36.6 Å². The SMILES string of the molecule is Cc1ccc(CC(=O)N2CC[C@H]3C[C@H](c4n[nH]c(C)n4)O[C@@H]3C2)cc1. The number of ether oxygens (including phenoxy) is 1. The number of piperidine rings is 1. The first-order valence-electron chi connectivity index (χ1n) is 8.96.